The van der Waals surface area contributed by atoms with Crippen LogP contribution in [0.25, 0.3) is 0 Å². The maximum Gasteiger partial charge on any atom is 0.246 e. The van der Waals surface area contributed by atoms with Gasteiger partial charge in [-0.15, -0.1) is 0 Å². The van der Waals surface area contributed by atoms with Crippen molar-refractivity contribution in [3.63, 3.8) is 0 Å². The quantitative estimate of drug-likeness (QED) is 0.441. The first-order valence-corrected chi connectivity index (χ1v) is 14.6. The van der Waals surface area contributed by atoms with Crippen molar-refractivity contribution in [3.05, 3.63) is 64.7 Å². The number of hydrogen-bond donors (Lipinski definition) is 1. The normalized spacial score (nSPS) is 19.2. The minimum atomic E-state index is -3.63. The fourth-order valence-electron chi connectivity index (χ4n) is 5.70. The second-order valence-electron chi connectivity index (χ2n) is 10.6. The number of benzene rings is 2. The summed E-state index contributed by atoms with van der Waals surface area (Å²) in [6, 6.07) is 14.9. The smallest absolute Gasteiger partial charge is 0.246 e. The summed E-state index contributed by atoms with van der Waals surface area (Å²) >= 11 is 0. The molecular weight excluding hydrogens is 486 g/mol. The first-order valence-electron chi connectivity index (χ1n) is 13.1. The van der Waals surface area contributed by atoms with Gasteiger partial charge in [0, 0.05) is 25.7 Å². The molecule has 1 unspecified atom stereocenters. The van der Waals surface area contributed by atoms with Crippen molar-refractivity contribution in [2.24, 2.45) is 5.92 Å². The Morgan fingerprint density at radius 3 is 2.16 bits per heavy atom. The molecule has 1 N–H and O–H groups in total. The maximum atomic E-state index is 13.1. The topological polar surface area (TPSA) is 78.9 Å². The lowest BCUT2D eigenvalue weighted by Crippen LogP contribution is -2.41. The fraction of sp³-hybridized carbons (Fsp3) is 0.552. The standard InChI is InChI=1S/C29H43N3O4S/c1-21-18-22(2)29(23(3)19-21)37(34,35)32(6)16-17-36-20-27(33)30-26-14-12-25(13-15-26)28(31(4)5)24-10-8-7-9-11-24/h7-11,18-19,25-26,28H,12-17,20H2,1-6H3,(H,30,33). The lowest BCUT2D eigenvalue weighted by atomic mass is 9.78. The van der Waals surface area contributed by atoms with Crippen LogP contribution in [0.15, 0.2) is 47.4 Å². The van der Waals surface area contributed by atoms with Crippen molar-refractivity contribution in [3.8, 4) is 0 Å². The van der Waals surface area contributed by atoms with Crippen LogP contribution in [0.2, 0.25) is 0 Å². The largest absolute Gasteiger partial charge is 0.370 e. The van der Waals surface area contributed by atoms with Crippen LogP contribution in [0.3, 0.4) is 0 Å². The van der Waals surface area contributed by atoms with Crippen LogP contribution in [0.4, 0.5) is 0 Å². The molecule has 1 saturated carbocycles. The van der Waals surface area contributed by atoms with Gasteiger partial charge in [-0.2, -0.15) is 4.31 Å². The Kier molecular flexibility index (Phi) is 10.3. The summed E-state index contributed by atoms with van der Waals surface area (Å²) in [6.45, 7) is 5.85. The molecule has 1 atom stereocenters. The summed E-state index contributed by atoms with van der Waals surface area (Å²) in [4.78, 5) is 15.1. The van der Waals surface area contributed by atoms with Crippen LogP contribution >= 0.6 is 0 Å². The summed E-state index contributed by atoms with van der Waals surface area (Å²) < 4.78 is 33.0. The summed E-state index contributed by atoms with van der Waals surface area (Å²) in [5, 5.41) is 3.10. The first kappa shape index (κ1) is 29.3. The van der Waals surface area contributed by atoms with Crippen LogP contribution in [0.1, 0.15) is 54.0 Å². The minimum Gasteiger partial charge on any atom is -0.370 e. The molecule has 0 bridgehead atoms. The van der Waals surface area contributed by atoms with E-state index in [4.69, 9.17) is 4.74 Å². The van der Waals surface area contributed by atoms with Gasteiger partial charge in [0.2, 0.25) is 15.9 Å². The van der Waals surface area contributed by atoms with Gasteiger partial charge in [-0.05, 0) is 83.2 Å². The molecule has 1 amide bonds. The van der Waals surface area contributed by atoms with Crippen LogP contribution in [-0.4, -0.2) is 70.5 Å². The SMILES string of the molecule is Cc1cc(C)c(S(=O)(=O)N(C)CCOCC(=O)NC2CCC(C(c3ccccc3)N(C)C)CC2)c(C)c1. The summed E-state index contributed by atoms with van der Waals surface area (Å²) in [5.74, 6) is 0.409. The molecule has 0 aromatic heterocycles. The molecule has 1 aliphatic rings. The third kappa shape index (κ3) is 7.63. The van der Waals surface area contributed by atoms with Crippen LogP contribution in [0.5, 0.6) is 0 Å². The molecule has 0 radical (unpaired) electrons. The summed E-state index contributed by atoms with van der Waals surface area (Å²) in [7, 11) is 2.19. The number of sulfonamides is 1. The number of carbonyl (C=O) groups is 1. The van der Waals surface area contributed by atoms with Crippen LogP contribution < -0.4 is 5.32 Å². The lowest BCUT2D eigenvalue weighted by molar-refractivity contribution is -0.126. The molecule has 204 valence electrons. The van der Waals surface area contributed by atoms with Gasteiger partial charge in [-0.1, -0.05) is 48.0 Å². The molecule has 0 spiro atoms. The van der Waals surface area contributed by atoms with E-state index in [9.17, 15) is 13.2 Å². The number of nitrogens with zero attached hydrogens (tertiary/aromatic N) is 2. The highest BCUT2D eigenvalue weighted by Gasteiger charge is 2.30. The van der Waals surface area contributed by atoms with Crippen LogP contribution in [-0.2, 0) is 19.6 Å². The predicted octanol–water partition coefficient (Wildman–Crippen LogP) is 4.23. The van der Waals surface area contributed by atoms with E-state index in [1.54, 1.807) is 7.05 Å². The van der Waals surface area contributed by atoms with E-state index >= 15 is 0 Å². The summed E-state index contributed by atoms with van der Waals surface area (Å²) in [6.07, 6.45) is 4.02. The van der Waals surface area contributed by atoms with Crippen molar-refractivity contribution < 1.29 is 17.9 Å². The maximum absolute atomic E-state index is 13.1. The zero-order chi connectivity index (χ0) is 27.2. The van der Waals surface area contributed by atoms with Gasteiger partial charge < -0.3 is 15.0 Å². The Balaban J connectivity index is 1.42. The number of likely N-dealkylation sites (N-methyl/N-ethyl adjacent to an activating group) is 1. The van der Waals surface area contributed by atoms with E-state index in [0.29, 0.717) is 16.9 Å². The number of aryl methyl sites for hydroxylation is 3. The summed E-state index contributed by atoms with van der Waals surface area (Å²) in [5.41, 5.74) is 3.85. The molecule has 1 fully saturated rings. The Bertz CT molecular complexity index is 1120. The molecular formula is C29H43N3O4S. The number of ether oxygens (including phenoxy) is 1. The number of rotatable bonds is 11. The zero-order valence-electron chi connectivity index (χ0n) is 23.2. The Morgan fingerprint density at radius 2 is 1.59 bits per heavy atom. The molecule has 2 aromatic carbocycles. The fourth-order valence-corrected chi connectivity index (χ4v) is 7.26. The Hall–Kier alpha value is -2.26. The van der Waals surface area contributed by atoms with Gasteiger partial charge in [0.15, 0.2) is 0 Å². The molecule has 37 heavy (non-hydrogen) atoms. The van der Waals surface area contributed by atoms with Gasteiger partial charge in [-0.3, -0.25) is 4.79 Å². The molecule has 1 aliphatic carbocycles. The van der Waals surface area contributed by atoms with Gasteiger partial charge in [-0.25, -0.2) is 8.42 Å². The van der Waals surface area contributed by atoms with Crippen molar-refractivity contribution in [2.75, 3.05) is 40.9 Å². The predicted molar refractivity (Wildman–Crippen MR) is 148 cm³/mol. The van der Waals surface area contributed by atoms with E-state index in [0.717, 1.165) is 42.4 Å². The van der Waals surface area contributed by atoms with E-state index in [2.05, 4.69) is 48.6 Å². The zero-order valence-corrected chi connectivity index (χ0v) is 24.0. The molecule has 8 heteroatoms. The Morgan fingerprint density at radius 1 is 1.00 bits per heavy atom. The Labute approximate surface area is 223 Å². The van der Waals surface area contributed by atoms with E-state index in [-0.39, 0.29) is 31.7 Å². The molecule has 0 saturated heterocycles. The monoisotopic (exact) mass is 529 g/mol. The first-order chi connectivity index (χ1) is 17.5. The number of amides is 1. The third-order valence-corrected chi connectivity index (χ3v) is 9.50. The number of nitrogens with one attached hydrogen (secondary N) is 1. The number of hydrogen-bond acceptors (Lipinski definition) is 5. The second-order valence-corrected chi connectivity index (χ2v) is 12.6. The van der Waals surface area contributed by atoms with E-state index < -0.39 is 10.0 Å². The lowest BCUT2D eigenvalue weighted by Gasteiger charge is -2.37. The van der Waals surface area contributed by atoms with Crippen molar-refractivity contribution in [2.45, 2.75) is 63.4 Å². The van der Waals surface area contributed by atoms with Crippen molar-refractivity contribution in [1.82, 2.24) is 14.5 Å². The van der Waals surface area contributed by atoms with Crippen LogP contribution in [0, 0.1) is 26.7 Å². The molecule has 0 aliphatic heterocycles. The second kappa shape index (κ2) is 13.0. The third-order valence-electron chi connectivity index (χ3n) is 7.34. The highest BCUT2D eigenvalue weighted by molar-refractivity contribution is 7.89. The average molecular weight is 530 g/mol. The van der Waals surface area contributed by atoms with Gasteiger partial charge in [0.05, 0.1) is 11.5 Å². The average Bonchev–Trinajstić information content (AvgIpc) is 2.82. The molecule has 3 rings (SSSR count). The molecule has 2 aromatic rings. The van der Waals surface area contributed by atoms with Gasteiger partial charge in [0.25, 0.3) is 0 Å². The highest BCUT2D eigenvalue weighted by Crippen LogP contribution is 2.37. The molecule has 7 nitrogen and oxygen atoms in total. The van der Waals surface area contributed by atoms with Crippen molar-refractivity contribution in [1.29, 1.82) is 0 Å². The van der Waals surface area contributed by atoms with E-state index in [1.807, 2.05) is 39.0 Å². The minimum absolute atomic E-state index is 0.0687. The van der Waals surface area contributed by atoms with Gasteiger partial charge >= 0.3 is 0 Å². The van der Waals surface area contributed by atoms with Crippen molar-refractivity contribution >= 4 is 15.9 Å². The van der Waals surface area contributed by atoms with E-state index in [1.165, 1.54) is 9.87 Å². The van der Waals surface area contributed by atoms with Gasteiger partial charge in [0.1, 0.15) is 6.61 Å². The highest BCUT2D eigenvalue weighted by atomic mass is 32.2. The number of carbonyl (C=O) groups excluding carboxylic acids is 1. The molecule has 0 heterocycles.